The van der Waals surface area contributed by atoms with Crippen molar-refractivity contribution < 1.29 is 9.53 Å². The third kappa shape index (κ3) is 3.17. The maximum Gasteiger partial charge on any atom is 0.319 e. The molecule has 6 heteroatoms. The van der Waals surface area contributed by atoms with Gasteiger partial charge in [-0.25, -0.2) is 9.78 Å². The maximum absolute atomic E-state index is 11.9. The van der Waals surface area contributed by atoms with Crippen molar-refractivity contribution in [2.45, 2.75) is 6.54 Å². The van der Waals surface area contributed by atoms with Crippen molar-refractivity contribution >= 4 is 22.8 Å². The second-order valence-corrected chi connectivity index (χ2v) is 4.79. The van der Waals surface area contributed by atoms with Crippen LogP contribution in [0.4, 0.5) is 10.5 Å². The number of benzene rings is 2. The van der Waals surface area contributed by atoms with Crippen LogP contribution in [0.25, 0.3) is 11.0 Å². The van der Waals surface area contributed by atoms with Crippen LogP contribution in [0.1, 0.15) is 5.56 Å². The lowest BCUT2D eigenvalue weighted by Crippen LogP contribution is -2.28. The number of urea groups is 1. The van der Waals surface area contributed by atoms with Crippen molar-refractivity contribution in [3.05, 3.63) is 54.4 Å². The number of imidazole rings is 1. The number of H-pyrrole nitrogens is 1. The molecule has 3 aromatic rings. The molecule has 0 saturated carbocycles. The highest BCUT2D eigenvalue weighted by Crippen LogP contribution is 2.15. The number of carbonyl (C=O) groups excluding carboxylic acids is 1. The summed E-state index contributed by atoms with van der Waals surface area (Å²) in [6, 6.07) is 12.8. The Balaban J connectivity index is 1.57. The van der Waals surface area contributed by atoms with Crippen molar-refractivity contribution in [2.24, 2.45) is 0 Å². The second-order valence-electron chi connectivity index (χ2n) is 4.79. The molecule has 6 nitrogen and oxygen atoms in total. The summed E-state index contributed by atoms with van der Waals surface area (Å²) in [6.07, 6.45) is 1.62. The Kier molecular flexibility index (Phi) is 3.91. The molecule has 0 unspecified atom stereocenters. The number of rotatable bonds is 4. The molecular weight excluding hydrogens is 280 g/mol. The van der Waals surface area contributed by atoms with Gasteiger partial charge in [0, 0.05) is 12.2 Å². The van der Waals surface area contributed by atoms with Crippen LogP contribution in [0.5, 0.6) is 5.75 Å². The molecule has 2 amide bonds. The fourth-order valence-electron chi connectivity index (χ4n) is 2.11. The quantitative estimate of drug-likeness (QED) is 0.692. The average Bonchev–Trinajstić information content (AvgIpc) is 3.01. The molecule has 1 heterocycles. The predicted octanol–water partition coefficient (Wildman–Crippen LogP) is 2.89. The molecule has 0 radical (unpaired) electrons. The number of amides is 2. The van der Waals surface area contributed by atoms with Crippen molar-refractivity contribution in [3.63, 3.8) is 0 Å². The van der Waals surface area contributed by atoms with Gasteiger partial charge in [-0.15, -0.1) is 0 Å². The molecule has 0 fully saturated rings. The Morgan fingerprint density at radius 1 is 1.23 bits per heavy atom. The first-order chi connectivity index (χ1) is 10.7. The highest BCUT2D eigenvalue weighted by molar-refractivity contribution is 5.91. The number of nitrogens with zero attached hydrogens (tertiary/aromatic N) is 1. The third-order valence-electron chi connectivity index (χ3n) is 3.29. The normalized spacial score (nSPS) is 10.4. The molecule has 3 N–H and O–H groups in total. The molecule has 3 rings (SSSR count). The van der Waals surface area contributed by atoms with Crippen LogP contribution < -0.4 is 15.4 Å². The van der Waals surface area contributed by atoms with Crippen LogP contribution in [0.15, 0.2) is 48.8 Å². The lowest BCUT2D eigenvalue weighted by Gasteiger charge is -2.08. The Bertz CT molecular complexity index is 780. The van der Waals surface area contributed by atoms with Crippen molar-refractivity contribution in [3.8, 4) is 5.75 Å². The molecule has 112 valence electrons. The zero-order valence-electron chi connectivity index (χ0n) is 12.1. The van der Waals surface area contributed by atoms with E-state index in [2.05, 4.69) is 20.6 Å². The number of carbonyl (C=O) groups is 1. The van der Waals surface area contributed by atoms with Gasteiger partial charge < -0.3 is 20.4 Å². The number of hydrogen-bond donors (Lipinski definition) is 3. The summed E-state index contributed by atoms with van der Waals surface area (Å²) in [5, 5.41) is 5.60. The molecule has 0 aliphatic rings. The molecule has 0 aliphatic carbocycles. The SMILES string of the molecule is COc1ccc(CNC(=O)Nc2ccc3nc[nH]c3c2)cc1. The van der Waals surface area contributed by atoms with Gasteiger partial charge >= 0.3 is 6.03 Å². The number of ether oxygens (including phenoxy) is 1. The average molecular weight is 296 g/mol. The van der Waals surface area contributed by atoms with Gasteiger partial charge in [0.25, 0.3) is 0 Å². The smallest absolute Gasteiger partial charge is 0.319 e. The summed E-state index contributed by atoms with van der Waals surface area (Å²) >= 11 is 0. The van der Waals surface area contributed by atoms with E-state index < -0.39 is 0 Å². The number of nitrogens with one attached hydrogen (secondary N) is 3. The number of aromatic nitrogens is 2. The summed E-state index contributed by atoms with van der Waals surface area (Å²) < 4.78 is 5.09. The van der Waals surface area contributed by atoms with Crippen LogP contribution in [0.3, 0.4) is 0 Å². The number of hydrogen-bond acceptors (Lipinski definition) is 3. The molecule has 0 aliphatic heterocycles. The minimum absolute atomic E-state index is 0.255. The highest BCUT2D eigenvalue weighted by Gasteiger charge is 2.04. The zero-order valence-corrected chi connectivity index (χ0v) is 12.1. The topological polar surface area (TPSA) is 79.0 Å². The van der Waals surface area contributed by atoms with Gasteiger partial charge in [0.2, 0.25) is 0 Å². The molecule has 0 saturated heterocycles. The van der Waals surface area contributed by atoms with E-state index in [1.165, 1.54) is 0 Å². The summed E-state index contributed by atoms with van der Waals surface area (Å²) in [5.74, 6) is 0.793. The monoisotopic (exact) mass is 296 g/mol. The second kappa shape index (κ2) is 6.17. The number of methoxy groups -OCH3 is 1. The summed E-state index contributed by atoms with van der Waals surface area (Å²) in [4.78, 5) is 19.1. The molecule has 0 bridgehead atoms. The zero-order chi connectivity index (χ0) is 15.4. The largest absolute Gasteiger partial charge is 0.497 e. The fraction of sp³-hybridized carbons (Fsp3) is 0.125. The fourth-order valence-corrected chi connectivity index (χ4v) is 2.11. The van der Waals surface area contributed by atoms with E-state index in [9.17, 15) is 4.79 Å². The minimum atomic E-state index is -0.255. The van der Waals surface area contributed by atoms with Gasteiger partial charge in [-0.1, -0.05) is 12.1 Å². The number of aromatic amines is 1. The minimum Gasteiger partial charge on any atom is -0.497 e. The standard InChI is InChI=1S/C16H16N4O2/c1-22-13-5-2-11(3-6-13)9-17-16(21)20-12-4-7-14-15(8-12)19-10-18-14/h2-8,10H,9H2,1H3,(H,18,19)(H2,17,20,21). The van der Waals surface area contributed by atoms with Crippen LogP contribution >= 0.6 is 0 Å². The predicted molar refractivity (Wildman–Crippen MR) is 84.9 cm³/mol. The Hall–Kier alpha value is -3.02. The number of fused-ring (bicyclic) bond motifs is 1. The molecule has 0 spiro atoms. The lowest BCUT2D eigenvalue weighted by molar-refractivity contribution is 0.251. The summed E-state index contributed by atoms with van der Waals surface area (Å²) in [5.41, 5.74) is 3.46. The van der Waals surface area contributed by atoms with Crippen molar-refractivity contribution in [1.82, 2.24) is 15.3 Å². The van der Waals surface area contributed by atoms with E-state index in [1.807, 2.05) is 42.5 Å². The highest BCUT2D eigenvalue weighted by atomic mass is 16.5. The first-order valence-electron chi connectivity index (χ1n) is 6.85. The van der Waals surface area contributed by atoms with Gasteiger partial charge in [-0.2, -0.15) is 0 Å². The maximum atomic E-state index is 11.9. The van der Waals surface area contributed by atoms with Gasteiger partial charge in [0.1, 0.15) is 5.75 Å². The van der Waals surface area contributed by atoms with Crippen LogP contribution in [-0.2, 0) is 6.54 Å². The molecule has 0 atom stereocenters. The van der Waals surface area contributed by atoms with Crippen LogP contribution in [0.2, 0.25) is 0 Å². The van der Waals surface area contributed by atoms with E-state index in [-0.39, 0.29) is 6.03 Å². The number of anilines is 1. The lowest BCUT2D eigenvalue weighted by atomic mass is 10.2. The van der Waals surface area contributed by atoms with Gasteiger partial charge in [0.15, 0.2) is 0 Å². The van der Waals surface area contributed by atoms with Gasteiger partial charge in [-0.05, 0) is 35.9 Å². The molecular formula is C16H16N4O2. The first-order valence-corrected chi connectivity index (χ1v) is 6.85. The van der Waals surface area contributed by atoms with E-state index in [1.54, 1.807) is 13.4 Å². The van der Waals surface area contributed by atoms with Gasteiger partial charge in [0.05, 0.1) is 24.5 Å². The first kappa shape index (κ1) is 13.9. The van der Waals surface area contributed by atoms with Crippen molar-refractivity contribution in [1.29, 1.82) is 0 Å². The summed E-state index contributed by atoms with van der Waals surface area (Å²) in [7, 11) is 1.62. The van der Waals surface area contributed by atoms with E-state index in [0.29, 0.717) is 12.2 Å². The van der Waals surface area contributed by atoms with E-state index in [0.717, 1.165) is 22.3 Å². The Morgan fingerprint density at radius 3 is 2.82 bits per heavy atom. The molecule has 22 heavy (non-hydrogen) atoms. The van der Waals surface area contributed by atoms with Crippen LogP contribution in [-0.4, -0.2) is 23.1 Å². The Morgan fingerprint density at radius 2 is 2.05 bits per heavy atom. The van der Waals surface area contributed by atoms with Gasteiger partial charge in [-0.3, -0.25) is 0 Å². The summed E-state index contributed by atoms with van der Waals surface area (Å²) in [6.45, 7) is 0.447. The molecule has 1 aromatic heterocycles. The van der Waals surface area contributed by atoms with E-state index >= 15 is 0 Å². The van der Waals surface area contributed by atoms with Crippen molar-refractivity contribution in [2.75, 3.05) is 12.4 Å². The third-order valence-corrected chi connectivity index (χ3v) is 3.29. The van der Waals surface area contributed by atoms with Crippen LogP contribution in [0, 0.1) is 0 Å². The molecule has 2 aromatic carbocycles. The Labute approximate surface area is 127 Å². The van der Waals surface area contributed by atoms with E-state index in [4.69, 9.17) is 4.74 Å².